The molecule has 1 aliphatic heterocycles. The number of carbonyl (C=O) groups excluding carboxylic acids is 1. The summed E-state index contributed by atoms with van der Waals surface area (Å²) in [5, 5.41) is 2.33. The molecule has 2 rings (SSSR count). The van der Waals surface area contributed by atoms with Gasteiger partial charge in [0.15, 0.2) is 17.5 Å². The molecule has 0 saturated carbocycles. The van der Waals surface area contributed by atoms with Crippen molar-refractivity contribution in [3.63, 3.8) is 0 Å². The molecule has 0 unspecified atom stereocenters. The number of halogens is 4. The zero-order chi connectivity index (χ0) is 11.7. The zero-order valence-electron chi connectivity index (χ0n) is 8.50. The smallest absolute Gasteiger partial charge is 0.407 e. The molecule has 0 spiro atoms. The maximum atomic E-state index is 13.4. The molecule has 1 saturated heterocycles. The van der Waals surface area contributed by atoms with Gasteiger partial charge < -0.3 is 10.1 Å². The lowest BCUT2D eigenvalue weighted by Crippen LogP contribution is -2.35. The Labute approximate surface area is 101 Å². The molecule has 1 N–H and O–H groups in total. The molecule has 1 fully saturated rings. The zero-order valence-corrected chi connectivity index (χ0v) is 9.32. The Bertz CT molecular complexity index is 442. The minimum Gasteiger partial charge on any atom is -0.449 e. The van der Waals surface area contributed by atoms with E-state index in [4.69, 9.17) is 0 Å². The van der Waals surface area contributed by atoms with E-state index in [0.717, 1.165) is 12.1 Å². The number of alkyl carbamates (subject to hydrolysis) is 1. The number of nitrogens with one attached hydrogen (secondary N) is 1. The van der Waals surface area contributed by atoms with Crippen LogP contribution in [-0.4, -0.2) is 12.7 Å². The summed E-state index contributed by atoms with van der Waals surface area (Å²) in [4.78, 5) is 10.9. The number of benzene rings is 1. The Morgan fingerprint density at radius 2 is 1.94 bits per heavy atom. The molecular formula is C10H9ClF3NO2. The lowest BCUT2D eigenvalue weighted by atomic mass is 10.0. The van der Waals surface area contributed by atoms with Crippen LogP contribution in [-0.2, 0) is 4.74 Å². The number of rotatable bonds is 1. The highest BCUT2D eigenvalue weighted by Crippen LogP contribution is 2.25. The van der Waals surface area contributed by atoms with Gasteiger partial charge in [-0.15, -0.1) is 12.4 Å². The summed E-state index contributed by atoms with van der Waals surface area (Å²) in [6.07, 6.45) is -0.381. The third-order valence-corrected chi connectivity index (χ3v) is 2.37. The van der Waals surface area contributed by atoms with Crippen molar-refractivity contribution in [2.45, 2.75) is 12.5 Å². The number of hydrogen-bond acceptors (Lipinski definition) is 2. The Kier molecular flexibility index (Phi) is 4.22. The summed E-state index contributed by atoms with van der Waals surface area (Å²) in [5.41, 5.74) is -0.0736. The van der Waals surface area contributed by atoms with Crippen molar-refractivity contribution in [3.05, 3.63) is 35.1 Å². The maximum Gasteiger partial charge on any atom is 0.407 e. The van der Waals surface area contributed by atoms with E-state index in [9.17, 15) is 18.0 Å². The van der Waals surface area contributed by atoms with Crippen molar-refractivity contribution >= 4 is 18.5 Å². The van der Waals surface area contributed by atoms with Gasteiger partial charge in [-0.2, -0.15) is 0 Å². The van der Waals surface area contributed by atoms with Gasteiger partial charge in [0.1, 0.15) is 0 Å². The van der Waals surface area contributed by atoms with Gasteiger partial charge in [-0.3, -0.25) is 0 Å². The van der Waals surface area contributed by atoms with Crippen LogP contribution in [0.15, 0.2) is 12.1 Å². The molecule has 0 aliphatic carbocycles. The van der Waals surface area contributed by atoms with E-state index in [1.165, 1.54) is 0 Å². The van der Waals surface area contributed by atoms with Crippen molar-refractivity contribution in [3.8, 4) is 0 Å². The fourth-order valence-corrected chi connectivity index (χ4v) is 1.57. The molecule has 1 aliphatic rings. The van der Waals surface area contributed by atoms with Crippen molar-refractivity contribution in [2.24, 2.45) is 0 Å². The first-order valence-corrected chi connectivity index (χ1v) is 4.66. The van der Waals surface area contributed by atoms with Crippen LogP contribution < -0.4 is 5.32 Å². The van der Waals surface area contributed by atoms with E-state index in [1.807, 2.05) is 0 Å². The fourth-order valence-electron chi connectivity index (χ4n) is 1.57. The van der Waals surface area contributed by atoms with Crippen molar-refractivity contribution in [1.29, 1.82) is 0 Å². The first kappa shape index (κ1) is 13.6. The van der Waals surface area contributed by atoms with Crippen molar-refractivity contribution in [1.82, 2.24) is 5.32 Å². The van der Waals surface area contributed by atoms with Gasteiger partial charge >= 0.3 is 6.09 Å². The third kappa shape index (κ3) is 2.63. The SMILES string of the molecule is Cl.O=C1N[C@@H](c2ccc(F)c(F)c2F)CCO1. The Morgan fingerprint density at radius 3 is 2.59 bits per heavy atom. The van der Waals surface area contributed by atoms with Crippen LogP contribution in [0, 0.1) is 17.5 Å². The highest BCUT2D eigenvalue weighted by atomic mass is 35.5. The van der Waals surface area contributed by atoms with E-state index < -0.39 is 29.6 Å². The van der Waals surface area contributed by atoms with Crippen LogP contribution in [0.3, 0.4) is 0 Å². The van der Waals surface area contributed by atoms with Crippen molar-refractivity contribution in [2.75, 3.05) is 6.61 Å². The fraction of sp³-hybridized carbons (Fsp3) is 0.300. The summed E-state index contributed by atoms with van der Waals surface area (Å²) in [7, 11) is 0. The molecule has 0 bridgehead atoms. The maximum absolute atomic E-state index is 13.4. The number of cyclic esters (lactones) is 1. The first-order chi connectivity index (χ1) is 7.59. The molecule has 3 nitrogen and oxygen atoms in total. The van der Waals surface area contributed by atoms with Crippen LogP contribution in [0.5, 0.6) is 0 Å². The molecule has 94 valence electrons. The van der Waals surface area contributed by atoms with Gasteiger partial charge in [0.2, 0.25) is 0 Å². The Hall–Kier alpha value is -1.43. The number of ether oxygens (including phenoxy) is 1. The molecule has 1 atom stereocenters. The second kappa shape index (κ2) is 5.27. The molecule has 0 aromatic heterocycles. The summed E-state index contributed by atoms with van der Waals surface area (Å²) in [5.74, 6) is -4.05. The minimum absolute atomic E-state index is 0. The van der Waals surface area contributed by atoms with Crippen LogP contribution in [0.25, 0.3) is 0 Å². The number of carbonyl (C=O) groups is 1. The van der Waals surface area contributed by atoms with Crippen LogP contribution in [0.2, 0.25) is 0 Å². The molecule has 1 aromatic carbocycles. The second-order valence-electron chi connectivity index (χ2n) is 3.39. The minimum atomic E-state index is -1.53. The molecule has 7 heteroatoms. The van der Waals surface area contributed by atoms with E-state index in [1.54, 1.807) is 0 Å². The van der Waals surface area contributed by atoms with Crippen LogP contribution >= 0.6 is 12.4 Å². The van der Waals surface area contributed by atoms with Gasteiger partial charge in [0.25, 0.3) is 0 Å². The van der Waals surface area contributed by atoms with Gasteiger partial charge in [0, 0.05) is 12.0 Å². The largest absolute Gasteiger partial charge is 0.449 e. The van der Waals surface area contributed by atoms with Crippen molar-refractivity contribution < 1.29 is 22.7 Å². The highest BCUT2D eigenvalue weighted by Gasteiger charge is 2.25. The third-order valence-electron chi connectivity index (χ3n) is 2.37. The summed E-state index contributed by atoms with van der Waals surface area (Å²) >= 11 is 0. The lowest BCUT2D eigenvalue weighted by molar-refractivity contribution is 0.115. The van der Waals surface area contributed by atoms with Gasteiger partial charge in [-0.1, -0.05) is 6.07 Å². The average molecular weight is 268 g/mol. The molecular weight excluding hydrogens is 259 g/mol. The quantitative estimate of drug-likeness (QED) is 0.795. The molecule has 1 heterocycles. The Morgan fingerprint density at radius 1 is 1.24 bits per heavy atom. The second-order valence-corrected chi connectivity index (χ2v) is 3.39. The lowest BCUT2D eigenvalue weighted by Gasteiger charge is -2.24. The van der Waals surface area contributed by atoms with E-state index >= 15 is 0 Å². The van der Waals surface area contributed by atoms with E-state index in [2.05, 4.69) is 10.1 Å². The van der Waals surface area contributed by atoms with Gasteiger partial charge in [-0.25, -0.2) is 18.0 Å². The van der Waals surface area contributed by atoms with E-state index in [-0.39, 0.29) is 24.6 Å². The number of amides is 1. The molecule has 1 aromatic rings. The standard InChI is InChI=1S/C10H8F3NO2.ClH/c11-6-2-1-5(8(12)9(6)13)7-3-4-16-10(15)14-7;/h1-2,7H,3-4H2,(H,14,15);1H/t7-;/m1./s1. The summed E-state index contributed by atoms with van der Waals surface area (Å²) < 4.78 is 43.6. The monoisotopic (exact) mass is 267 g/mol. The number of hydrogen-bond donors (Lipinski definition) is 1. The van der Waals surface area contributed by atoms with Crippen LogP contribution in [0.1, 0.15) is 18.0 Å². The Balaban J connectivity index is 0.00000144. The van der Waals surface area contributed by atoms with Gasteiger partial charge in [0.05, 0.1) is 12.6 Å². The first-order valence-electron chi connectivity index (χ1n) is 4.66. The summed E-state index contributed by atoms with van der Waals surface area (Å²) in [6.45, 7) is 0.120. The van der Waals surface area contributed by atoms with E-state index in [0.29, 0.717) is 6.42 Å². The van der Waals surface area contributed by atoms with Gasteiger partial charge in [-0.05, 0) is 6.07 Å². The predicted molar refractivity (Wildman–Crippen MR) is 55.4 cm³/mol. The molecule has 1 amide bonds. The normalized spacial score (nSPS) is 19.0. The summed E-state index contributed by atoms with van der Waals surface area (Å²) in [6, 6.07) is 1.26. The van der Waals surface area contributed by atoms with Crippen LogP contribution in [0.4, 0.5) is 18.0 Å². The molecule has 17 heavy (non-hydrogen) atoms. The average Bonchev–Trinajstić information content (AvgIpc) is 2.26. The molecule has 0 radical (unpaired) electrons. The topological polar surface area (TPSA) is 38.3 Å². The highest BCUT2D eigenvalue weighted by molar-refractivity contribution is 5.85. The predicted octanol–water partition coefficient (Wildman–Crippen LogP) is 2.70.